The number of nitrogens with one attached hydrogen (secondary N) is 1. The third kappa shape index (κ3) is 2.23. The van der Waals surface area contributed by atoms with Crippen molar-refractivity contribution < 1.29 is 9.90 Å². The molecule has 0 bridgehead atoms. The molecule has 0 saturated heterocycles. The Bertz CT molecular complexity index is 632. The van der Waals surface area contributed by atoms with Crippen molar-refractivity contribution in [1.82, 2.24) is 9.97 Å². The minimum absolute atomic E-state index is 0.0183. The Morgan fingerprint density at radius 2 is 2.18 bits per heavy atom. The van der Waals surface area contributed by atoms with Gasteiger partial charge in [0.15, 0.2) is 0 Å². The summed E-state index contributed by atoms with van der Waals surface area (Å²) in [6.07, 6.45) is 1.07. The first-order valence-electron chi connectivity index (χ1n) is 4.97. The lowest BCUT2D eigenvalue weighted by Gasteiger charge is -2.05. The summed E-state index contributed by atoms with van der Waals surface area (Å²) >= 11 is 0. The summed E-state index contributed by atoms with van der Waals surface area (Å²) in [4.78, 5) is 28.1. The van der Waals surface area contributed by atoms with Crippen molar-refractivity contribution in [2.75, 3.05) is 0 Å². The van der Waals surface area contributed by atoms with Crippen LogP contribution < -0.4 is 5.69 Å². The molecule has 0 atom stereocenters. The molecule has 0 aliphatic carbocycles. The Morgan fingerprint density at radius 3 is 2.82 bits per heavy atom. The molecule has 0 fully saturated rings. The average molecular weight is 230 g/mol. The topological polar surface area (TPSA) is 83.0 Å². The van der Waals surface area contributed by atoms with Crippen LogP contribution in [0.3, 0.4) is 0 Å². The summed E-state index contributed by atoms with van der Waals surface area (Å²) < 4.78 is 0. The molecule has 1 heterocycles. The number of carboxylic acids is 1. The number of H-pyrrole nitrogens is 1. The van der Waals surface area contributed by atoms with Crippen LogP contribution in [0.4, 0.5) is 0 Å². The largest absolute Gasteiger partial charge is 0.478 e. The minimum atomic E-state index is -1.12. The molecule has 2 rings (SSSR count). The number of aromatic amines is 1. The number of aryl methyl sites for hydroxylation is 1. The van der Waals surface area contributed by atoms with E-state index in [0.717, 1.165) is 11.8 Å². The second kappa shape index (κ2) is 4.21. The van der Waals surface area contributed by atoms with E-state index >= 15 is 0 Å². The molecule has 2 aromatic rings. The van der Waals surface area contributed by atoms with Crippen molar-refractivity contribution >= 4 is 5.97 Å². The van der Waals surface area contributed by atoms with Gasteiger partial charge in [-0.2, -0.15) is 0 Å². The van der Waals surface area contributed by atoms with Crippen LogP contribution in [0.15, 0.2) is 35.3 Å². The molecule has 5 nitrogen and oxygen atoms in total. The molecule has 1 aromatic carbocycles. The third-order valence-electron chi connectivity index (χ3n) is 2.35. The average Bonchev–Trinajstić information content (AvgIpc) is 2.28. The highest BCUT2D eigenvalue weighted by Gasteiger charge is 2.13. The molecule has 1 aromatic heterocycles. The van der Waals surface area contributed by atoms with Crippen LogP contribution in [0.1, 0.15) is 15.9 Å². The summed E-state index contributed by atoms with van der Waals surface area (Å²) in [6.45, 7) is 1.89. The normalized spacial score (nSPS) is 10.2. The van der Waals surface area contributed by atoms with E-state index in [2.05, 4.69) is 9.97 Å². The summed E-state index contributed by atoms with van der Waals surface area (Å²) in [5.74, 6) is -1.12. The van der Waals surface area contributed by atoms with Crippen molar-refractivity contribution in [3.05, 3.63) is 52.1 Å². The third-order valence-corrected chi connectivity index (χ3v) is 2.35. The maximum atomic E-state index is 11.2. The maximum Gasteiger partial charge on any atom is 0.345 e. The zero-order valence-electron chi connectivity index (χ0n) is 9.10. The fourth-order valence-electron chi connectivity index (χ4n) is 1.58. The minimum Gasteiger partial charge on any atom is -0.478 e. The molecule has 0 amide bonds. The van der Waals surface area contributed by atoms with Crippen molar-refractivity contribution in [3.8, 4) is 11.3 Å². The Morgan fingerprint density at radius 1 is 1.41 bits per heavy atom. The number of nitrogens with zero attached hydrogens (tertiary/aromatic N) is 1. The number of carboxylic acid groups (broad SMARTS) is 1. The van der Waals surface area contributed by atoms with E-state index < -0.39 is 11.7 Å². The fourth-order valence-corrected chi connectivity index (χ4v) is 1.58. The standard InChI is InChI=1S/C12H10N2O3/c1-7-3-2-4-8(5-7)10-9(11(15)16)6-13-12(17)14-10/h2-6H,1H3,(H,15,16)(H,13,14,17). The first-order valence-corrected chi connectivity index (χ1v) is 4.97. The number of carbonyl (C=O) groups is 1. The van der Waals surface area contributed by atoms with Crippen LogP contribution in [0, 0.1) is 6.92 Å². The van der Waals surface area contributed by atoms with Gasteiger partial charge in [-0.05, 0) is 18.6 Å². The number of rotatable bonds is 2. The van der Waals surface area contributed by atoms with Gasteiger partial charge >= 0.3 is 11.7 Å². The number of hydrogen-bond donors (Lipinski definition) is 2. The molecule has 0 aliphatic rings. The Hall–Kier alpha value is -2.43. The highest BCUT2D eigenvalue weighted by atomic mass is 16.4. The fraction of sp³-hybridized carbons (Fsp3) is 0.0833. The van der Waals surface area contributed by atoms with E-state index in [1.54, 1.807) is 18.2 Å². The van der Waals surface area contributed by atoms with Crippen molar-refractivity contribution in [2.45, 2.75) is 6.92 Å². The molecule has 0 radical (unpaired) electrons. The molecule has 0 saturated carbocycles. The van der Waals surface area contributed by atoms with E-state index in [-0.39, 0.29) is 11.3 Å². The van der Waals surface area contributed by atoms with Crippen LogP contribution in [0.2, 0.25) is 0 Å². The first kappa shape index (κ1) is 11.1. The van der Waals surface area contributed by atoms with Gasteiger partial charge in [-0.15, -0.1) is 0 Å². The molecular formula is C12H10N2O3. The van der Waals surface area contributed by atoms with Gasteiger partial charge in [0.05, 0.1) is 5.69 Å². The van der Waals surface area contributed by atoms with Crippen LogP contribution >= 0.6 is 0 Å². The van der Waals surface area contributed by atoms with Gasteiger partial charge in [-0.25, -0.2) is 14.6 Å². The lowest BCUT2D eigenvalue weighted by Crippen LogP contribution is -2.15. The first-order chi connectivity index (χ1) is 8.08. The molecule has 17 heavy (non-hydrogen) atoms. The smallest absolute Gasteiger partial charge is 0.345 e. The molecule has 5 heteroatoms. The monoisotopic (exact) mass is 230 g/mol. The van der Waals surface area contributed by atoms with E-state index in [9.17, 15) is 9.59 Å². The van der Waals surface area contributed by atoms with E-state index in [4.69, 9.17) is 5.11 Å². The lowest BCUT2D eigenvalue weighted by molar-refractivity contribution is 0.0697. The lowest BCUT2D eigenvalue weighted by atomic mass is 10.1. The van der Waals surface area contributed by atoms with Gasteiger partial charge in [0.25, 0.3) is 0 Å². The number of benzene rings is 1. The van der Waals surface area contributed by atoms with Crippen molar-refractivity contribution in [3.63, 3.8) is 0 Å². The molecule has 86 valence electrons. The summed E-state index contributed by atoms with van der Waals surface area (Å²) in [5, 5.41) is 9.03. The number of aromatic nitrogens is 2. The summed E-state index contributed by atoms with van der Waals surface area (Å²) in [7, 11) is 0. The van der Waals surface area contributed by atoms with Gasteiger partial charge in [-0.1, -0.05) is 23.8 Å². The Balaban J connectivity index is 2.69. The summed E-state index contributed by atoms with van der Waals surface area (Å²) in [5.41, 5.74) is 1.33. The van der Waals surface area contributed by atoms with Crippen LogP contribution in [0.25, 0.3) is 11.3 Å². The maximum absolute atomic E-state index is 11.2. The highest BCUT2D eigenvalue weighted by molar-refractivity contribution is 5.94. The van der Waals surface area contributed by atoms with Crippen molar-refractivity contribution in [2.24, 2.45) is 0 Å². The second-order valence-electron chi connectivity index (χ2n) is 3.65. The van der Waals surface area contributed by atoms with Crippen LogP contribution in [-0.4, -0.2) is 21.0 Å². The molecular weight excluding hydrogens is 220 g/mol. The second-order valence-corrected chi connectivity index (χ2v) is 3.65. The highest BCUT2D eigenvalue weighted by Crippen LogP contribution is 2.20. The Kier molecular flexibility index (Phi) is 2.74. The van der Waals surface area contributed by atoms with Gasteiger partial charge < -0.3 is 10.1 Å². The zero-order chi connectivity index (χ0) is 12.4. The van der Waals surface area contributed by atoms with Gasteiger partial charge in [0.2, 0.25) is 0 Å². The quantitative estimate of drug-likeness (QED) is 0.817. The predicted octanol–water partition coefficient (Wildman–Crippen LogP) is 1.44. The van der Waals surface area contributed by atoms with Crippen LogP contribution in [0.5, 0.6) is 0 Å². The number of aromatic carboxylic acids is 1. The van der Waals surface area contributed by atoms with E-state index in [0.29, 0.717) is 5.56 Å². The SMILES string of the molecule is Cc1cccc(-c2[nH]c(=O)ncc2C(=O)O)c1. The molecule has 0 unspecified atom stereocenters. The van der Waals surface area contributed by atoms with Gasteiger partial charge in [0, 0.05) is 6.20 Å². The van der Waals surface area contributed by atoms with Crippen molar-refractivity contribution in [1.29, 1.82) is 0 Å². The van der Waals surface area contributed by atoms with E-state index in [1.807, 2.05) is 13.0 Å². The Labute approximate surface area is 96.8 Å². The predicted molar refractivity (Wildman–Crippen MR) is 62.0 cm³/mol. The van der Waals surface area contributed by atoms with Gasteiger partial charge in [0.1, 0.15) is 5.56 Å². The van der Waals surface area contributed by atoms with E-state index in [1.165, 1.54) is 0 Å². The molecule has 0 aliphatic heterocycles. The molecule has 2 N–H and O–H groups in total. The van der Waals surface area contributed by atoms with Crippen LogP contribution in [-0.2, 0) is 0 Å². The number of hydrogen-bond acceptors (Lipinski definition) is 3. The zero-order valence-corrected chi connectivity index (χ0v) is 9.10. The molecule has 0 spiro atoms. The van der Waals surface area contributed by atoms with Gasteiger partial charge in [-0.3, -0.25) is 0 Å². The summed E-state index contributed by atoms with van der Waals surface area (Å²) in [6, 6.07) is 7.24.